The van der Waals surface area contributed by atoms with Gasteiger partial charge in [0.2, 0.25) is 0 Å². The molecule has 0 saturated heterocycles. The van der Waals surface area contributed by atoms with Crippen LogP contribution in [0.25, 0.3) is 0 Å². The summed E-state index contributed by atoms with van der Waals surface area (Å²) in [5.74, 6) is 1.05. The molecule has 0 aliphatic carbocycles. The molecule has 0 bridgehead atoms. The van der Waals surface area contributed by atoms with Crippen molar-refractivity contribution >= 4 is 0 Å². The number of hydrogen-bond donors (Lipinski definition) is 2. The molecule has 0 aliphatic heterocycles. The first-order valence-electron chi connectivity index (χ1n) is 4.01. The smallest absolute Gasteiger partial charge is 0.0473 e. The highest BCUT2D eigenvalue weighted by molar-refractivity contribution is 4.65. The molecule has 2 N–H and O–H groups in total. The molecule has 0 fully saturated rings. The van der Waals surface area contributed by atoms with Gasteiger partial charge in [0.15, 0.2) is 0 Å². The quantitative estimate of drug-likeness (QED) is 0.601. The van der Waals surface area contributed by atoms with Crippen molar-refractivity contribution < 1.29 is 5.11 Å². The summed E-state index contributed by atoms with van der Waals surface area (Å²) in [5.41, 5.74) is 0. The van der Waals surface area contributed by atoms with Gasteiger partial charge in [-0.3, -0.25) is 0 Å². The lowest BCUT2D eigenvalue weighted by Gasteiger charge is -2.19. The Morgan fingerprint density at radius 3 is 2.40 bits per heavy atom. The lowest BCUT2D eigenvalue weighted by molar-refractivity contribution is 0.178. The van der Waals surface area contributed by atoms with Crippen LogP contribution in [0.1, 0.15) is 20.3 Å². The number of aliphatic hydroxyl groups is 1. The van der Waals surface area contributed by atoms with E-state index in [1.807, 2.05) is 7.05 Å². The number of hydrogen-bond acceptors (Lipinski definition) is 2. The Kier molecular flexibility index (Phi) is 5.64. The van der Waals surface area contributed by atoms with Gasteiger partial charge in [0.05, 0.1) is 0 Å². The second-order valence-electron chi connectivity index (χ2n) is 2.89. The summed E-state index contributed by atoms with van der Waals surface area (Å²) in [7, 11) is 1.92. The van der Waals surface area contributed by atoms with Crippen LogP contribution in [0.5, 0.6) is 0 Å². The lowest BCUT2D eigenvalue weighted by Crippen LogP contribution is -2.27. The van der Waals surface area contributed by atoms with Gasteiger partial charge in [-0.1, -0.05) is 20.3 Å². The molecule has 2 heteroatoms. The monoisotopic (exact) mass is 145 g/mol. The average molecular weight is 145 g/mol. The van der Waals surface area contributed by atoms with Crippen LogP contribution in [0.4, 0.5) is 0 Å². The molecule has 0 radical (unpaired) electrons. The third-order valence-electron chi connectivity index (χ3n) is 2.15. The molecule has 0 heterocycles. The maximum Gasteiger partial charge on any atom is 0.0473 e. The van der Waals surface area contributed by atoms with Crippen LogP contribution in [0.15, 0.2) is 0 Å². The van der Waals surface area contributed by atoms with E-state index < -0.39 is 0 Å². The van der Waals surface area contributed by atoms with Crippen molar-refractivity contribution in [1.29, 1.82) is 0 Å². The van der Waals surface area contributed by atoms with Crippen molar-refractivity contribution in [3.63, 3.8) is 0 Å². The van der Waals surface area contributed by atoms with Crippen LogP contribution in [0, 0.1) is 11.8 Å². The van der Waals surface area contributed by atoms with Crippen molar-refractivity contribution in [3.8, 4) is 0 Å². The molecule has 2 atom stereocenters. The number of rotatable bonds is 5. The Bertz CT molecular complexity index is 75.7. The maximum absolute atomic E-state index is 8.92. The van der Waals surface area contributed by atoms with Gasteiger partial charge in [-0.05, 0) is 18.9 Å². The second kappa shape index (κ2) is 5.69. The summed E-state index contributed by atoms with van der Waals surface area (Å²) in [6.45, 7) is 5.56. The molecule has 0 aromatic heterocycles. The SMILES string of the molecule is CC[C@@H](C)[C@H](CO)CNC. The van der Waals surface area contributed by atoms with E-state index in [0.29, 0.717) is 18.4 Å². The van der Waals surface area contributed by atoms with Gasteiger partial charge < -0.3 is 10.4 Å². The van der Waals surface area contributed by atoms with E-state index in [4.69, 9.17) is 5.11 Å². The summed E-state index contributed by atoms with van der Waals surface area (Å²) < 4.78 is 0. The zero-order chi connectivity index (χ0) is 7.98. The van der Waals surface area contributed by atoms with Crippen molar-refractivity contribution in [2.24, 2.45) is 11.8 Å². The molecular formula is C8H19NO. The van der Waals surface area contributed by atoms with Gasteiger partial charge in [-0.25, -0.2) is 0 Å². The minimum atomic E-state index is 0.301. The highest BCUT2D eigenvalue weighted by Gasteiger charge is 2.12. The zero-order valence-electron chi connectivity index (χ0n) is 7.22. The first kappa shape index (κ1) is 9.92. The van der Waals surface area contributed by atoms with E-state index in [0.717, 1.165) is 13.0 Å². The summed E-state index contributed by atoms with van der Waals surface area (Å²) >= 11 is 0. The van der Waals surface area contributed by atoms with Gasteiger partial charge in [0.1, 0.15) is 0 Å². The highest BCUT2D eigenvalue weighted by atomic mass is 16.3. The molecule has 0 aliphatic rings. The van der Waals surface area contributed by atoms with Crippen LogP contribution in [0.2, 0.25) is 0 Å². The highest BCUT2D eigenvalue weighted by Crippen LogP contribution is 2.12. The van der Waals surface area contributed by atoms with Crippen LogP contribution in [-0.4, -0.2) is 25.3 Å². The van der Waals surface area contributed by atoms with E-state index in [9.17, 15) is 0 Å². The summed E-state index contributed by atoms with van der Waals surface area (Å²) in [5, 5.41) is 12.0. The Morgan fingerprint density at radius 1 is 1.50 bits per heavy atom. The third-order valence-corrected chi connectivity index (χ3v) is 2.15. The first-order valence-corrected chi connectivity index (χ1v) is 4.01. The number of nitrogens with one attached hydrogen (secondary N) is 1. The summed E-state index contributed by atoms with van der Waals surface area (Å²) in [6.07, 6.45) is 1.15. The molecule has 62 valence electrons. The predicted octanol–water partition coefficient (Wildman–Crippen LogP) is 0.860. The van der Waals surface area contributed by atoms with Crippen molar-refractivity contribution in [1.82, 2.24) is 5.32 Å². The zero-order valence-corrected chi connectivity index (χ0v) is 7.22. The minimum Gasteiger partial charge on any atom is -0.396 e. The summed E-state index contributed by atoms with van der Waals surface area (Å²) in [6, 6.07) is 0. The standard InChI is InChI=1S/C8H19NO/c1-4-7(2)8(6-10)5-9-3/h7-10H,4-6H2,1-3H3/t7-,8+/m1/s1. The van der Waals surface area contributed by atoms with E-state index >= 15 is 0 Å². The molecule has 2 nitrogen and oxygen atoms in total. The second-order valence-corrected chi connectivity index (χ2v) is 2.89. The average Bonchev–Trinajstić information content (AvgIpc) is 1.99. The van der Waals surface area contributed by atoms with Gasteiger partial charge in [0.25, 0.3) is 0 Å². The van der Waals surface area contributed by atoms with E-state index in [-0.39, 0.29) is 0 Å². The normalized spacial score (nSPS) is 16.8. The third kappa shape index (κ3) is 3.18. The molecule has 0 saturated carbocycles. The topological polar surface area (TPSA) is 32.3 Å². The largest absolute Gasteiger partial charge is 0.396 e. The van der Waals surface area contributed by atoms with Gasteiger partial charge >= 0.3 is 0 Å². The van der Waals surface area contributed by atoms with Crippen molar-refractivity contribution in [2.45, 2.75) is 20.3 Å². The molecule has 0 rings (SSSR count). The number of aliphatic hydroxyl groups excluding tert-OH is 1. The molecule has 0 unspecified atom stereocenters. The molecule has 10 heavy (non-hydrogen) atoms. The maximum atomic E-state index is 8.92. The Balaban J connectivity index is 3.56. The van der Waals surface area contributed by atoms with Crippen LogP contribution in [-0.2, 0) is 0 Å². The predicted molar refractivity (Wildman–Crippen MR) is 44.0 cm³/mol. The molecular weight excluding hydrogens is 126 g/mol. The van der Waals surface area contributed by atoms with Crippen LogP contribution < -0.4 is 5.32 Å². The Labute approximate surface area is 63.6 Å². The lowest BCUT2D eigenvalue weighted by atomic mass is 9.93. The van der Waals surface area contributed by atoms with Crippen molar-refractivity contribution in [2.75, 3.05) is 20.2 Å². The van der Waals surface area contributed by atoms with Gasteiger partial charge in [-0.15, -0.1) is 0 Å². The molecule has 0 amide bonds. The van der Waals surface area contributed by atoms with Crippen LogP contribution in [0.3, 0.4) is 0 Å². The van der Waals surface area contributed by atoms with Gasteiger partial charge in [-0.2, -0.15) is 0 Å². The van der Waals surface area contributed by atoms with Crippen LogP contribution >= 0.6 is 0 Å². The molecule has 0 aromatic carbocycles. The summed E-state index contributed by atoms with van der Waals surface area (Å²) in [4.78, 5) is 0. The fourth-order valence-electron chi connectivity index (χ4n) is 1.04. The Morgan fingerprint density at radius 2 is 2.10 bits per heavy atom. The minimum absolute atomic E-state index is 0.301. The molecule has 0 spiro atoms. The van der Waals surface area contributed by atoms with E-state index in [1.54, 1.807) is 0 Å². The van der Waals surface area contributed by atoms with Crippen molar-refractivity contribution in [3.05, 3.63) is 0 Å². The van der Waals surface area contributed by atoms with E-state index in [2.05, 4.69) is 19.2 Å². The first-order chi connectivity index (χ1) is 4.76. The van der Waals surface area contributed by atoms with E-state index in [1.165, 1.54) is 0 Å². The molecule has 0 aromatic rings. The van der Waals surface area contributed by atoms with Gasteiger partial charge in [0, 0.05) is 13.2 Å². The fourth-order valence-corrected chi connectivity index (χ4v) is 1.04. The fraction of sp³-hybridized carbons (Fsp3) is 1.00. The Hall–Kier alpha value is -0.0800.